The highest BCUT2D eigenvalue weighted by Crippen LogP contribution is 2.22. The Kier molecular flexibility index (Phi) is 2.95. The van der Waals surface area contributed by atoms with E-state index in [2.05, 4.69) is 37.0 Å². The van der Waals surface area contributed by atoms with Gasteiger partial charge in [0.1, 0.15) is 5.69 Å². The van der Waals surface area contributed by atoms with Crippen molar-refractivity contribution in [2.24, 2.45) is 0 Å². The molecule has 0 fully saturated rings. The lowest BCUT2D eigenvalue weighted by atomic mass is 10.0. The largest absolute Gasteiger partial charge is 0.296 e. The predicted octanol–water partition coefficient (Wildman–Crippen LogP) is 3.42. The summed E-state index contributed by atoms with van der Waals surface area (Å²) in [7, 11) is 0. The molecule has 0 radical (unpaired) electrons. The highest BCUT2D eigenvalue weighted by molar-refractivity contribution is 7.17. The molecular weight excluding hydrogens is 256 g/mol. The van der Waals surface area contributed by atoms with Gasteiger partial charge in [0.15, 0.2) is 11.2 Å². The van der Waals surface area contributed by atoms with E-state index >= 15 is 0 Å². The second-order valence-electron chi connectivity index (χ2n) is 4.75. The van der Waals surface area contributed by atoms with Crippen molar-refractivity contribution in [2.75, 3.05) is 0 Å². The third kappa shape index (κ3) is 2.19. The van der Waals surface area contributed by atoms with E-state index in [4.69, 9.17) is 0 Å². The third-order valence-electron chi connectivity index (χ3n) is 3.36. The summed E-state index contributed by atoms with van der Waals surface area (Å²) in [5, 5.41) is 0. The Bertz CT molecular complexity index is 755. The first-order chi connectivity index (χ1) is 9.17. The molecule has 3 aromatic rings. The van der Waals surface area contributed by atoms with Crippen LogP contribution >= 0.6 is 11.3 Å². The molecule has 3 nitrogen and oxygen atoms in total. The Morgan fingerprint density at radius 2 is 2.16 bits per heavy atom. The second-order valence-corrected chi connectivity index (χ2v) is 5.84. The number of aromatic nitrogens is 2. The van der Waals surface area contributed by atoms with Crippen molar-refractivity contribution >= 4 is 22.6 Å². The molecule has 0 saturated carbocycles. The number of thiazole rings is 1. The van der Waals surface area contributed by atoms with Crippen LogP contribution in [-0.2, 0) is 6.42 Å². The van der Waals surface area contributed by atoms with Crippen LogP contribution in [0.5, 0.6) is 0 Å². The maximum Gasteiger partial charge on any atom is 0.194 e. The molecule has 96 valence electrons. The molecule has 0 aliphatic rings. The van der Waals surface area contributed by atoms with E-state index in [1.54, 1.807) is 17.5 Å². The van der Waals surface area contributed by atoms with E-state index in [1.165, 1.54) is 21.6 Å². The van der Waals surface area contributed by atoms with Crippen molar-refractivity contribution in [3.63, 3.8) is 0 Å². The summed E-state index contributed by atoms with van der Waals surface area (Å²) >= 11 is 1.63. The van der Waals surface area contributed by atoms with Crippen LogP contribution in [0.3, 0.4) is 0 Å². The standard InChI is InChI=1S/C15H14N2OS/c1-10-3-4-12(5-11(10)2)6-14-8-17-13(9-18)7-16-15(17)19-14/h3-5,7-9H,6H2,1-2H3. The number of hydrogen-bond donors (Lipinski definition) is 0. The molecule has 0 N–H and O–H groups in total. The predicted molar refractivity (Wildman–Crippen MR) is 77.2 cm³/mol. The summed E-state index contributed by atoms with van der Waals surface area (Å²) in [6, 6.07) is 6.53. The third-order valence-corrected chi connectivity index (χ3v) is 4.35. The van der Waals surface area contributed by atoms with Gasteiger partial charge in [0.25, 0.3) is 0 Å². The highest BCUT2D eigenvalue weighted by atomic mass is 32.1. The minimum Gasteiger partial charge on any atom is -0.296 e. The summed E-state index contributed by atoms with van der Waals surface area (Å²) in [5.74, 6) is 0. The number of fused-ring (bicyclic) bond motifs is 1. The van der Waals surface area contributed by atoms with E-state index in [1.807, 2.05) is 10.6 Å². The van der Waals surface area contributed by atoms with Crippen LogP contribution in [-0.4, -0.2) is 15.7 Å². The molecule has 0 aliphatic carbocycles. The molecule has 0 unspecified atom stereocenters. The summed E-state index contributed by atoms with van der Waals surface area (Å²) in [6.45, 7) is 4.25. The Labute approximate surface area is 115 Å². The first kappa shape index (κ1) is 12.1. The number of aldehydes is 1. The minimum atomic E-state index is 0.609. The molecule has 19 heavy (non-hydrogen) atoms. The average molecular weight is 270 g/mol. The van der Waals surface area contributed by atoms with E-state index < -0.39 is 0 Å². The van der Waals surface area contributed by atoms with Gasteiger partial charge in [-0.2, -0.15) is 0 Å². The van der Waals surface area contributed by atoms with Crippen molar-refractivity contribution < 1.29 is 4.79 Å². The number of carbonyl (C=O) groups is 1. The zero-order chi connectivity index (χ0) is 13.4. The Morgan fingerprint density at radius 1 is 1.32 bits per heavy atom. The van der Waals surface area contributed by atoms with Crippen molar-refractivity contribution in [1.82, 2.24) is 9.38 Å². The summed E-state index contributed by atoms with van der Waals surface area (Å²) in [5.41, 5.74) is 4.53. The molecule has 4 heteroatoms. The Morgan fingerprint density at radius 3 is 2.89 bits per heavy atom. The molecule has 0 saturated heterocycles. The van der Waals surface area contributed by atoms with Crippen LogP contribution in [0.4, 0.5) is 0 Å². The average Bonchev–Trinajstić information content (AvgIpc) is 2.93. The fraction of sp³-hybridized carbons (Fsp3) is 0.200. The summed E-state index contributed by atoms with van der Waals surface area (Å²) in [4.78, 5) is 17.2. The van der Waals surface area contributed by atoms with Gasteiger partial charge in [-0.1, -0.05) is 18.2 Å². The van der Waals surface area contributed by atoms with Gasteiger partial charge in [-0.25, -0.2) is 4.98 Å². The van der Waals surface area contributed by atoms with E-state index in [9.17, 15) is 4.79 Å². The molecule has 0 spiro atoms. The lowest BCUT2D eigenvalue weighted by molar-refractivity contribution is 0.111. The van der Waals surface area contributed by atoms with Gasteiger partial charge in [-0.05, 0) is 30.5 Å². The van der Waals surface area contributed by atoms with Crippen LogP contribution < -0.4 is 0 Å². The van der Waals surface area contributed by atoms with Crippen LogP contribution in [0.25, 0.3) is 4.96 Å². The van der Waals surface area contributed by atoms with Gasteiger partial charge in [0.2, 0.25) is 0 Å². The zero-order valence-electron chi connectivity index (χ0n) is 10.9. The number of hydrogen-bond acceptors (Lipinski definition) is 3. The molecule has 2 aromatic heterocycles. The molecule has 0 aliphatic heterocycles. The molecule has 0 bridgehead atoms. The van der Waals surface area contributed by atoms with Crippen molar-refractivity contribution in [1.29, 1.82) is 0 Å². The van der Waals surface area contributed by atoms with Crippen LogP contribution in [0.15, 0.2) is 30.6 Å². The van der Waals surface area contributed by atoms with Gasteiger partial charge < -0.3 is 0 Å². The highest BCUT2D eigenvalue weighted by Gasteiger charge is 2.08. The number of imidazole rings is 1. The van der Waals surface area contributed by atoms with Crippen LogP contribution in [0.1, 0.15) is 32.1 Å². The second kappa shape index (κ2) is 4.63. The zero-order valence-corrected chi connectivity index (χ0v) is 11.7. The van der Waals surface area contributed by atoms with Gasteiger partial charge in [0, 0.05) is 17.5 Å². The molecule has 2 heterocycles. The monoisotopic (exact) mass is 270 g/mol. The number of carbonyl (C=O) groups excluding carboxylic acids is 1. The van der Waals surface area contributed by atoms with E-state index in [0.717, 1.165) is 17.7 Å². The first-order valence-electron chi connectivity index (χ1n) is 6.14. The van der Waals surface area contributed by atoms with Crippen molar-refractivity contribution in [3.8, 4) is 0 Å². The van der Waals surface area contributed by atoms with Gasteiger partial charge in [-0.15, -0.1) is 11.3 Å². The smallest absolute Gasteiger partial charge is 0.194 e. The minimum absolute atomic E-state index is 0.609. The van der Waals surface area contributed by atoms with E-state index in [0.29, 0.717) is 5.69 Å². The number of rotatable bonds is 3. The summed E-state index contributed by atoms with van der Waals surface area (Å²) in [6.07, 6.45) is 5.34. The van der Waals surface area contributed by atoms with Gasteiger partial charge in [-0.3, -0.25) is 9.20 Å². The van der Waals surface area contributed by atoms with Gasteiger partial charge in [0.05, 0.1) is 6.20 Å². The molecule has 0 amide bonds. The lowest BCUT2D eigenvalue weighted by Crippen LogP contribution is -1.89. The van der Waals surface area contributed by atoms with Crippen LogP contribution in [0, 0.1) is 13.8 Å². The van der Waals surface area contributed by atoms with Gasteiger partial charge >= 0.3 is 0 Å². The molecule has 0 atom stereocenters. The van der Waals surface area contributed by atoms with Crippen molar-refractivity contribution in [3.05, 3.63) is 57.9 Å². The van der Waals surface area contributed by atoms with E-state index in [-0.39, 0.29) is 0 Å². The molecule has 3 rings (SSSR count). The molecular formula is C15H14N2OS. The fourth-order valence-electron chi connectivity index (χ4n) is 2.13. The number of nitrogens with zero attached hydrogens (tertiary/aromatic N) is 2. The Balaban J connectivity index is 1.94. The lowest BCUT2D eigenvalue weighted by Gasteiger charge is -2.03. The maximum atomic E-state index is 10.9. The maximum absolute atomic E-state index is 10.9. The fourth-order valence-corrected chi connectivity index (χ4v) is 3.13. The number of aryl methyl sites for hydroxylation is 2. The topological polar surface area (TPSA) is 34.4 Å². The van der Waals surface area contributed by atoms with Crippen LogP contribution in [0.2, 0.25) is 0 Å². The molecule has 1 aromatic carbocycles. The normalized spacial score (nSPS) is 11.1. The SMILES string of the molecule is Cc1ccc(Cc2cn3c(C=O)cnc3s2)cc1C. The number of benzene rings is 1. The Hall–Kier alpha value is -1.94. The van der Waals surface area contributed by atoms with Crippen molar-refractivity contribution in [2.45, 2.75) is 20.3 Å². The quantitative estimate of drug-likeness (QED) is 0.683. The summed E-state index contributed by atoms with van der Waals surface area (Å²) < 4.78 is 1.86. The first-order valence-corrected chi connectivity index (χ1v) is 6.96.